The van der Waals surface area contributed by atoms with Gasteiger partial charge in [0.2, 0.25) is 0 Å². The average molecular weight is 229 g/mol. The molecule has 0 saturated heterocycles. The van der Waals surface area contributed by atoms with E-state index in [9.17, 15) is 4.39 Å². The van der Waals surface area contributed by atoms with Crippen LogP contribution in [0, 0.1) is 5.82 Å². The van der Waals surface area contributed by atoms with E-state index in [1.54, 1.807) is 6.07 Å². The van der Waals surface area contributed by atoms with Crippen molar-refractivity contribution in [2.75, 3.05) is 6.54 Å². The Kier molecular flexibility index (Phi) is 3.89. The van der Waals surface area contributed by atoms with Crippen LogP contribution >= 0.6 is 0 Å². The molecule has 0 atom stereocenters. The number of hydrogen-bond acceptors (Lipinski definition) is 1. The van der Waals surface area contributed by atoms with E-state index >= 15 is 0 Å². The molecule has 0 saturated carbocycles. The number of nitrogens with two attached hydrogens (primary N) is 1. The SMILES string of the molecule is NCCc1c(F)cccc1Cc1ccccc1. The van der Waals surface area contributed by atoms with Gasteiger partial charge in [0, 0.05) is 0 Å². The van der Waals surface area contributed by atoms with Crippen LogP contribution in [0.25, 0.3) is 0 Å². The van der Waals surface area contributed by atoms with E-state index in [1.165, 1.54) is 11.6 Å². The summed E-state index contributed by atoms with van der Waals surface area (Å²) >= 11 is 0. The second-order valence-electron chi connectivity index (χ2n) is 4.08. The molecule has 0 unspecified atom stereocenters. The van der Waals surface area contributed by atoms with Crippen molar-refractivity contribution in [1.82, 2.24) is 0 Å². The molecule has 2 heteroatoms. The Morgan fingerprint density at radius 1 is 0.941 bits per heavy atom. The zero-order valence-electron chi connectivity index (χ0n) is 9.70. The Hall–Kier alpha value is -1.67. The van der Waals surface area contributed by atoms with Crippen molar-refractivity contribution in [1.29, 1.82) is 0 Å². The molecule has 2 rings (SSSR count). The molecule has 2 N–H and O–H groups in total. The Balaban J connectivity index is 2.29. The van der Waals surface area contributed by atoms with Crippen LogP contribution in [0.3, 0.4) is 0 Å². The van der Waals surface area contributed by atoms with Crippen molar-refractivity contribution in [3.05, 3.63) is 71.0 Å². The van der Waals surface area contributed by atoms with Crippen LogP contribution in [0.5, 0.6) is 0 Å². The van der Waals surface area contributed by atoms with Crippen LogP contribution in [0.2, 0.25) is 0 Å². The van der Waals surface area contributed by atoms with Crippen LogP contribution < -0.4 is 5.73 Å². The summed E-state index contributed by atoms with van der Waals surface area (Å²) in [6.07, 6.45) is 1.35. The molecule has 88 valence electrons. The van der Waals surface area contributed by atoms with Gasteiger partial charge in [0.25, 0.3) is 0 Å². The van der Waals surface area contributed by atoms with Gasteiger partial charge in [-0.15, -0.1) is 0 Å². The lowest BCUT2D eigenvalue weighted by molar-refractivity contribution is 0.606. The van der Waals surface area contributed by atoms with Gasteiger partial charge in [-0.1, -0.05) is 42.5 Å². The first-order chi connectivity index (χ1) is 8.31. The maximum Gasteiger partial charge on any atom is 0.126 e. The molecule has 0 aliphatic heterocycles. The maximum atomic E-state index is 13.7. The summed E-state index contributed by atoms with van der Waals surface area (Å²) in [6, 6.07) is 15.3. The summed E-state index contributed by atoms with van der Waals surface area (Å²) in [6.45, 7) is 0.475. The van der Waals surface area contributed by atoms with Crippen molar-refractivity contribution in [3.63, 3.8) is 0 Å². The first kappa shape index (κ1) is 11.8. The van der Waals surface area contributed by atoms with Crippen LogP contribution in [-0.4, -0.2) is 6.54 Å². The van der Waals surface area contributed by atoms with Crippen LogP contribution in [0.4, 0.5) is 4.39 Å². The Bertz CT molecular complexity index is 480. The first-order valence-electron chi connectivity index (χ1n) is 5.81. The smallest absolute Gasteiger partial charge is 0.126 e. The molecule has 17 heavy (non-hydrogen) atoms. The van der Waals surface area contributed by atoms with E-state index < -0.39 is 0 Å². The minimum absolute atomic E-state index is 0.149. The minimum atomic E-state index is -0.149. The number of hydrogen-bond donors (Lipinski definition) is 1. The quantitative estimate of drug-likeness (QED) is 0.857. The van der Waals surface area contributed by atoms with E-state index in [0.717, 1.165) is 17.5 Å². The lowest BCUT2D eigenvalue weighted by Gasteiger charge is -2.09. The largest absolute Gasteiger partial charge is 0.330 e. The molecule has 1 nitrogen and oxygen atoms in total. The van der Waals surface area contributed by atoms with Gasteiger partial charge in [-0.2, -0.15) is 0 Å². The van der Waals surface area contributed by atoms with Crippen molar-refractivity contribution < 1.29 is 4.39 Å². The summed E-state index contributed by atoms with van der Waals surface area (Å²) in [5.41, 5.74) is 8.49. The van der Waals surface area contributed by atoms with Crippen molar-refractivity contribution in [2.24, 2.45) is 5.73 Å². The topological polar surface area (TPSA) is 26.0 Å². The molecule has 0 aliphatic rings. The molecule has 0 radical (unpaired) electrons. The number of rotatable bonds is 4. The van der Waals surface area contributed by atoms with Gasteiger partial charge >= 0.3 is 0 Å². The van der Waals surface area contributed by atoms with E-state index in [-0.39, 0.29) is 5.82 Å². The third kappa shape index (κ3) is 2.92. The van der Waals surface area contributed by atoms with Gasteiger partial charge in [0.05, 0.1) is 0 Å². The fraction of sp³-hybridized carbons (Fsp3) is 0.200. The predicted octanol–water partition coefficient (Wildman–Crippen LogP) is 2.92. The third-order valence-electron chi connectivity index (χ3n) is 2.85. The Morgan fingerprint density at radius 3 is 2.41 bits per heavy atom. The lowest BCUT2D eigenvalue weighted by Crippen LogP contribution is -2.07. The van der Waals surface area contributed by atoms with Gasteiger partial charge in [-0.25, -0.2) is 4.39 Å². The number of halogens is 1. The van der Waals surface area contributed by atoms with Gasteiger partial charge in [-0.05, 0) is 42.1 Å². The highest BCUT2D eigenvalue weighted by molar-refractivity contribution is 5.34. The standard InChI is InChI=1S/C15H16FN/c16-15-8-4-7-13(14(15)9-10-17)11-12-5-2-1-3-6-12/h1-8H,9-11,17H2. The van der Waals surface area contributed by atoms with E-state index in [4.69, 9.17) is 5.73 Å². The first-order valence-corrected chi connectivity index (χ1v) is 5.81. The van der Waals surface area contributed by atoms with E-state index in [0.29, 0.717) is 13.0 Å². The highest BCUT2D eigenvalue weighted by atomic mass is 19.1. The molecule has 0 fully saturated rings. The van der Waals surface area contributed by atoms with Crippen LogP contribution in [-0.2, 0) is 12.8 Å². The van der Waals surface area contributed by atoms with Crippen molar-refractivity contribution in [3.8, 4) is 0 Å². The zero-order valence-corrected chi connectivity index (χ0v) is 9.70. The average Bonchev–Trinajstić information content (AvgIpc) is 2.35. The molecule has 0 amide bonds. The Labute approximate surface area is 101 Å². The van der Waals surface area contributed by atoms with E-state index in [1.807, 2.05) is 24.3 Å². The zero-order chi connectivity index (χ0) is 12.1. The summed E-state index contributed by atoms with van der Waals surface area (Å²) in [5.74, 6) is -0.149. The molecule has 2 aromatic carbocycles. The molecule has 0 aliphatic carbocycles. The normalized spacial score (nSPS) is 10.5. The Morgan fingerprint density at radius 2 is 1.71 bits per heavy atom. The molecule has 0 spiro atoms. The maximum absolute atomic E-state index is 13.7. The minimum Gasteiger partial charge on any atom is -0.330 e. The molecule has 0 aromatic heterocycles. The van der Waals surface area contributed by atoms with E-state index in [2.05, 4.69) is 12.1 Å². The summed E-state index contributed by atoms with van der Waals surface area (Å²) < 4.78 is 13.7. The molecule has 0 bridgehead atoms. The van der Waals surface area contributed by atoms with Crippen molar-refractivity contribution in [2.45, 2.75) is 12.8 Å². The van der Waals surface area contributed by atoms with Gasteiger partial charge < -0.3 is 5.73 Å². The summed E-state index contributed by atoms with van der Waals surface area (Å²) in [4.78, 5) is 0. The van der Waals surface area contributed by atoms with Crippen LogP contribution in [0.1, 0.15) is 16.7 Å². The lowest BCUT2D eigenvalue weighted by atomic mass is 9.97. The van der Waals surface area contributed by atoms with Gasteiger partial charge in [0.15, 0.2) is 0 Å². The highest BCUT2D eigenvalue weighted by Crippen LogP contribution is 2.17. The summed E-state index contributed by atoms with van der Waals surface area (Å²) in [5, 5.41) is 0. The summed E-state index contributed by atoms with van der Waals surface area (Å²) in [7, 11) is 0. The number of benzene rings is 2. The fourth-order valence-electron chi connectivity index (χ4n) is 2.01. The fourth-order valence-corrected chi connectivity index (χ4v) is 2.01. The monoisotopic (exact) mass is 229 g/mol. The highest BCUT2D eigenvalue weighted by Gasteiger charge is 2.07. The van der Waals surface area contributed by atoms with Gasteiger partial charge in [0.1, 0.15) is 5.82 Å². The molecular weight excluding hydrogens is 213 g/mol. The molecule has 2 aromatic rings. The second kappa shape index (κ2) is 5.60. The van der Waals surface area contributed by atoms with Crippen molar-refractivity contribution >= 4 is 0 Å². The third-order valence-corrected chi connectivity index (χ3v) is 2.85. The molecule has 0 heterocycles. The van der Waals surface area contributed by atoms with Gasteiger partial charge in [-0.3, -0.25) is 0 Å². The van der Waals surface area contributed by atoms with Crippen LogP contribution in [0.15, 0.2) is 48.5 Å². The second-order valence-corrected chi connectivity index (χ2v) is 4.08. The molecular formula is C15H16FN. The predicted molar refractivity (Wildman–Crippen MR) is 68.4 cm³/mol.